The molecular formula is C18H19ClN2O3. The molecule has 5 nitrogen and oxygen atoms in total. The SMILES string of the molecule is CCOC(=O)c1ccccc1NCC(=O)Nc1cccc(Cl)c1C. The van der Waals surface area contributed by atoms with Gasteiger partial charge in [0.1, 0.15) is 0 Å². The molecule has 0 fully saturated rings. The first-order chi connectivity index (χ1) is 11.5. The van der Waals surface area contributed by atoms with Crippen LogP contribution in [0.3, 0.4) is 0 Å². The van der Waals surface area contributed by atoms with Crippen molar-refractivity contribution in [1.82, 2.24) is 0 Å². The van der Waals surface area contributed by atoms with Gasteiger partial charge in [-0.2, -0.15) is 0 Å². The summed E-state index contributed by atoms with van der Waals surface area (Å²) in [5.41, 5.74) is 2.41. The van der Waals surface area contributed by atoms with Crippen LogP contribution in [0.25, 0.3) is 0 Å². The lowest BCUT2D eigenvalue weighted by molar-refractivity contribution is -0.114. The molecule has 2 N–H and O–H groups in total. The largest absolute Gasteiger partial charge is 0.462 e. The molecular weight excluding hydrogens is 328 g/mol. The van der Waals surface area contributed by atoms with Gasteiger partial charge in [0, 0.05) is 16.4 Å². The summed E-state index contributed by atoms with van der Waals surface area (Å²) in [7, 11) is 0. The van der Waals surface area contributed by atoms with E-state index in [-0.39, 0.29) is 12.5 Å². The Kier molecular flexibility index (Phi) is 6.21. The summed E-state index contributed by atoms with van der Waals surface area (Å²) in [5.74, 6) is -0.661. The second kappa shape index (κ2) is 8.36. The van der Waals surface area contributed by atoms with E-state index in [4.69, 9.17) is 16.3 Å². The van der Waals surface area contributed by atoms with Gasteiger partial charge in [0.2, 0.25) is 5.91 Å². The summed E-state index contributed by atoms with van der Waals surface area (Å²) in [6.07, 6.45) is 0. The summed E-state index contributed by atoms with van der Waals surface area (Å²) in [6.45, 7) is 3.89. The van der Waals surface area contributed by atoms with E-state index in [1.54, 1.807) is 49.4 Å². The monoisotopic (exact) mass is 346 g/mol. The van der Waals surface area contributed by atoms with Gasteiger partial charge < -0.3 is 15.4 Å². The second-order valence-corrected chi connectivity index (χ2v) is 5.49. The fourth-order valence-corrected chi connectivity index (χ4v) is 2.31. The van der Waals surface area contributed by atoms with Crippen LogP contribution in [0.15, 0.2) is 42.5 Å². The number of carbonyl (C=O) groups is 2. The van der Waals surface area contributed by atoms with E-state index < -0.39 is 5.97 Å². The lowest BCUT2D eigenvalue weighted by Crippen LogP contribution is -2.23. The molecule has 0 aliphatic carbocycles. The summed E-state index contributed by atoms with van der Waals surface area (Å²) in [6, 6.07) is 12.2. The van der Waals surface area contributed by atoms with Crippen LogP contribution in [0.5, 0.6) is 0 Å². The number of para-hydroxylation sites is 1. The number of anilines is 2. The van der Waals surface area contributed by atoms with Crippen molar-refractivity contribution in [2.75, 3.05) is 23.8 Å². The molecule has 0 saturated carbocycles. The number of benzene rings is 2. The highest BCUT2D eigenvalue weighted by Gasteiger charge is 2.13. The molecule has 2 rings (SSSR count). The highest BCUT2D eigenvalue weighted by molar-refractivity contribution is 6.31. The van der Waals surface area contributed by atoms with Crippen LogP contribution in [-0.4, -0.2) is 25.0 Å². The van der Waals surface area contributed by atoms with Crippen LogP contribution in [0, 0.1) is 6.92 Å². The lowest BCUT2D eigenvalue weighted by atomic mass is 10.1. The Bertz CT molecular complexity index is 747. The number of halogens is 1. The Balaban J connectivity index is 2.02. The highest BCUT2D eigenvalue weighted by Crippen LogP contribution is 2.23. The number of hydrogen-bond donors (Lipinski definition) is 2. The van der Waals surface area contributed by atoms with E-state index in [1.165, 1.54) is 0 Å². The van der Waals surface area contributed by atoms with Crippen molar-refractivity contribution in [3.05, 3.63) is 58.6 Å². The maximum absolute atomic E-state index is 12.1. The van der Waals surface area contributed by atoms with Crippen LogP contribution in [0.4, 0.5) is 11.4 Å². The first kappa shape index (κ1) is 17.8. The maximum atomic E-state index is 12.1. The molecule has 6 heteroatoms. The number of esters is 1. The summed E-state index contributed by atoms with van der Waals surface area (Å²) >= 11 is 6.04. The average Bonchev–Trinajstić information content (AvgIpc) is 2.57. The van der Waals surface area contributed by atoms with Crippen LogP contribution in [0.1, 0.15) is 22.8 Å². The van der Waals surface area contributed by atoms with E-state index in [1.807, 2.05) is 6.92 Å². The zero-order valence-electron chi connectivity index (χ0n) is 13.6. The van der Waals surface area contributed by atoms with Crippen molar-refractivity contribution in [2.45, 2.75) is 13.8 Å². The molecule has 2 aromatic rings. The minimum absolute atomic E-state index is 0.0162. The topological polar surface area (TPSA) is 67.4 Å². The van der Waals surface area contributed by atoms with E-state index in [9.17, 15) is 9.59 Å². The number of nitrogens with one attached hydrogen (secondary N) is 2. The number of hydrogen-bond acceptors (Lipinski definition) is 4. The fraction of sp³-hybridized carbons (Fsp3) is 0.222. The van der Waals surface area contributed by atoms with Gasteiger partial charge in [-0.3, -0.25) is 4.79 Å². The van der Waals surface area contributed by atoms with Crippen molar-refractivity contribution in [1.29, 1.82) is 0 Å². The molecule has 0 atom stereocenters. The minimum atomic E-state index is -0.424. The molecule has 24 heavy (non-hydrogen) atoms. The van der Waals surface area contributed by atoms with Gasteiger partial charge in [-0.05, 0) is 43.7 Å². The van der Waals surface area contributed by atoms with Crippen molar-refractivity contribution >= 4 is 34.9 Å². The molecule has 126 valence electrons. The Morgan fingerprint density at radius 3 is 2.54 bits per heavy atom. The zero-order chi connectivity index (χ0) is 17.5. The summed E-state index contributed by atoms with van der Waals surface area (Å²) < 4.78 is 5.01. The predicted octanol–water partition coefficient (Wildman–Crippen LogP) is 3.88. The van der Waals surface area contributed by atoms with Crippen LogP contribution in [-0.2, 0) is 9.53 Å². The van der Waals surface area contributed by atoms with Crippen molar-refractivity contribution < 1.29 is 14.3 Å². The molecule has 0 aliphatic rings. The summed E-state index contributed by atoms with van der Waals surface area (Å²) in [5, 5.41) is 6.35. The first-order valence-electron chi connectivity index (χ1n) is 7.58. The van der Waals surface area contributed by atoms with E-state index in [0.717, 1.165) is 5.56 Å². The Hall–Kier alpha value is -2.53. The third-order valence-corrected chi connectivity index (χ3v) is 3.81. The Labute approximate surface area is 146 Å². The zero-order valence-corrected chi connectivity index (χ0v) is 14.3. The molecule has 0 radical (unpaired) electrons. The quantitative estimate of drug-likeness (QED) is 0.779. The molecule has 0 unspecified atom stereocenters. The molecule has 0 spiro atoms. The van der Waals surface area contributed by atoms with Crippen molar-refractivity contribution in [3.63, 3.8) is 0 Å². The van der Waals surface area contributed by atoms with Gasteiger partial charge in [-0.25, -0.2) is 4.79 Å². The van der Waals surface area contributed by atoms with Gasteiger partial charge >= 0.3 is 5.97 Å². The number of amides is 1. The van der Waals surface area contributed by atoms with Gasteiger partial charge in [-0.1, -0.05) is 29.8 Å². The third-order valence-electron chi connectivity index (χ3n) is 3.40. The highest BCUT2D eigenvalue weighted by atomic mass is 35.5. The smallest absolute Gasteiger partial charge is 0.340 e. The standard InChI is InChI=1S/C18H19ClN2O3/c1-3-24-18(23)13-7-4-5-9-16(13)20-11-17(22)21-15-10-6-8-14(19)12(15)2/h4-10,20H,3,11H2,1-2H3,(H,21,22). The van der Waals surface area contributed by atoms with E-state index >= 15 is 0 Å². The minimum Gasteiger partial charge on any atom is -0.462 e. The number of rotatable bonds is 6. The predicted molar refractivity (Wildman–Crippen MR) is 95.7 cm³/mol. The lowest BCUT2D eigenvalue weighted by Gasteiger charge is -2.12. The van der Waals surface area contributed by atoms with E-state index in [0.29, 0.717) is 28.6 Å². The molecule has 0 aliphatic heterocycles. The maximum Gasteiger partial charge on any atom is 0.340 e. The fourth-order valence-electron chi connectivity index (χ4n) is 2.14. The number of carbonyl (C=O) groups excluding carboxylic acids is 2. The first-order valence-corrected chi connectivity index (χ1v) is 7.95. The average molecular weight is 347 g/mol. The molecule has 0 saturated heterocycles. The summed E-state index contributed by atoms with van der Waals surface area (Å²) in [4.78, 5) is 24.0. The third kappa shape index (κ3) is 4.49. The second-order valence-electron chi connectivity index (χ2n) is 5.08. The van der Waals surface area contributed by atoms with Gasteiger partial charge in [0.05, 0.1) is 18.7 Å². The molecule has 0 aromatic heterocycles. The van der Waals surface area contributed by atoms with Gasteiger partial charge in [-0.15, -0.1) is 0 Å². The number of ether oxygens (including phenoxy) is 1. The van der Waals surface area contributed by atoms with Crippen LogP contribution in [0.2, 0.25) is 5.02 Å². The van der Waals surface area contributed by atoms with Crippen molar-refractivity contribution in [2.24, 2.45) is 0 Å². The molecule has 0 bridgehead atoms. The van der Waals surface area contributed by atoms with Gasteiger partial charge in [0.25, 0.3) is 0 Å². The molecule has 2 aromatic carbocycles. The van der Waals surface area contributed by atoms with Crippen LogP contribution >= 0.6 is 11.6 Å². The molecule has 0 heterocycles. The molecule has 1 amide bonds. The normalized spacial score (nSPS) is 10.1. The van der Waals surface area contributed by atoms with Crippen molar-refractivity contribution in [3.8, 4) is 0 Å². The van der Waals surface area contributed by atoms with Gasteiger partial charge in [0.15, 0.2) is 0 Å². The Morgan fingerprint density at radius 2 is 1.79 bits per heavy atom. The van der Waals surface area contributed by atoms with Crippen LogP contribution < -0.4 is 10.6 Å². The van der Waals surface area contributed by atoms with E-state index in [2.05, 4.69) is 10.6 Å². The Morgan fingerprint density at radius 1 is 1.08 bits per heavy atom.